The van der Waals surface area contributed by atoms with Crippen LogP contribution in [-0.2, 0) is 12.6 Å². The summed E-state index contributed by atoms with van der Waals surface area (Å²) in [6.45, 7) is 0.338. The summed E-state index contributed by atoms with van der Waals surface area (Å²) in [6, 6.07) is 14.6. The van der Waals surface area contributed by atoms with Crippen LogP contribution in [0.1, 0.15) is 33.1 Å². The minimum Gasteiger partial charge on any atom is -0.493 e. The molecule has 0 radical (unpaired) electrons. The zero-order valence-electron chi connectivity index (χ0n) is 20.1. The van der Waals surface area contributed by atoms with E-state index in [0.29, 0.717) is 29.4 Å². The summed E-state index contributed by atoms with van der Waals surface area (Å²) in [5.41, 5.74) is 0.790. The highest BCUT2D eigenvalue weighted by molar-refractivity contribution is 5.95. The molecule has 0 fully saturated rings. The van der Waals surface area contributed by atoms with Crippen molar-refractivity contribution in [3.63, 3.8) is 0 Å². The first kappa shape index (κ1) is 25.2. The number of rotatable bonds is 7. The zero-order valence-corrected chi connectivity index (χ0v) is 20.1. The van der Waals surface area contributed by atoms with Crippen LogP contribution in [0, 0.1) is 0 Å². The molecule has 6 nitrogen and oxygen atoms in total. The van der Waals surface area contributed by atoms with E-state index in [0.717, 1.165) is 23.3 Å². The molecule has 1 aliphatic heterocycles. The van der Waals surface area contributed by atoms with Gasteiger partial charge >= 0.3 is 6.18 Å². The maximum Gasteiger partial charge on any atom is 0.416 e. The monoisotopic (exact) mass is 501 g/mol. The van der Waals surface area contributed by atoms with Crippen LogP contribution in [0.2, 0.25) is 0 Å². The first-order chi connectivity index (χ1) is 17.3. The number of ether oxygens (including phenoxy) is 4. The van der Waals surface area contributed by atoms with Crippen molar-refractivity contribution >= 4 is 5.91 Å². The molecule has 0 saturated heterocycles. The molecule has 1 aliphatic rings. The predicted octanol–water partition coefficient (Wildman–Crippen LogP) is 5.55. The SMILES string of the molecule is COc1cc2c(cc1OC)C(COc1ccccc1OC)N(C(=O)c1cccc(C(F)(F)F)c1)CC2. The molecular weight excluding hydrogens is 475 g/mol. The predicted molar refractivity (Wildman–Crippen MR) is 127 cm³/mol. The summed E-state index contributed by atoms with van der Waals surface area (Å²) in [7, 11) is 4.58. The number of halogens is 3. The second-order valence-corrected chi connectivity index (χ2v) is 8.21. The number of methoxy groups -OCH3 is 3. The van der Waals surface area contributed by atoms with Gasteiger partial charge < -0.3 is 23.8 Å². The highest BCUT2D eigenvalue weighted by Gasteiger charge is 2.35. The summed E-state index contributed by atoms with van der Waals surface area (Å²) < 4.78 is 62.2. The summed E-state index contributed by atoms with van der Waals surface area (Å²) in [5, 5.41) is 0. The Labute approximate surface area is 207 Å². The van der Waals surface area contributed by atoms with Crippen molar-refractivity contribution in [3.05, 3.63) is 82.9 Å². The number of para-hydroxylation sites is 2. The van der Waals surface area contributed by atoms with Crippen LogP contribution in [0.25, 0.3) is 0 Å². The van der Waals surface area contributed by atoms with E-state index in [9.17, 15) is 18.0 Å². The molecule has 1 unspecified atom stereocenters. The second-order valence-electron chi connectivity index (χ2n) is 8.21. The fourth-order valence-electron chi connectivity index (χ4n) is 4.35. The lowest BCUT2D eigenvalue weighted by Crippen LogP contribution is -2.42. The molecule has 36 heavy (non-hydrogen) atoms. The third-order valence-electron chi connectivity index (χ3n) is 6.17. The summed E-state index contributed by atoms with van der Waals surface area (Å²) in [4.78, 5) is 15.1. The van der Waals surface area contributed by atoms with E-state index >= 15 is 0 Å². The molecule has 1 amide bonds. The van der Waals surface area contributed by atoms with Crippen LogP contribution in [0.3, 0.4) is 0 Å². The molecule has 9 heteroatoms. The first-order valence-corrected chi connectivity index (χ1v) is 11.3. The second kappa shape index (κ2) is 10.4. The third-order valence-corrected chi connectivity index (χ3v) is 6.17. The zero-order chi connectivity index (χ0) is 25.9. The number of carbonyl (C=O) groups excluding carboxylic acids is 1. The van der Waals surface area contributed by atoms with E-state index in [1.807, 2.05) is 12.1 Å². The standard InChI is InChI=1S/C27H26F3NO5/c1-33-22-9-4-5-10-23(22)36-16-21-20-15-25(35-3)24(34-2)14-17(20)11-12-31(21)26(32)18-7-6-8-19(13-18)27(28,29)30/h4-10,13-15,21H,11-12,16H2,1-3H3. The van der Waals surface area contributed by atoms with Gasteiger partial charge in [-0.15, -0.1) is 0 Å². The van der Waals surface area contributed by atoms with Gasteiger partial charge in [-0.25, -0.2) is 0 Å². The number of hydrogen-bond donors (Lipinski definition) is 0. The molecule has 0 aromatic heterocycles. The Kier molecular flexibility index (Phi) is 7.28. The molecule has 1 heterocycles. The Morgan fingerprint density at radius 3 is 2.22 bits per heavy atom. The van der Waals surface area contributed by atoms with Gasteiger partial charge in [-0.05, 0) is 60.0 Å². The van der Waals surface area contributed by atoms with Crippen LogP contribution in [-0.4, -0.2) is 45.3 Å². The van der Waals surface area contributed by atoms with Crippen molar-refractivity contribution in [3.8, 4) is 23.0 Å². The molecule has 0 N–H and O–H groups in total. The molecule has 4 rings (SSSR count). The molecule has 0 bridgehead atoms. The molecule has 1 atom stereocenters. The summed E-state index contributed by atoms with van der Waals surface area (Å²) in [6.07, 6.45) is -4.06. The van der Waals surface area contributed by atoms with Crippen molar-refractivity contribution in [1.82, 2.24) is 4.90 Å². The summed E-state index contributed by atoms with van der Waals surface area (Å²) in [5.74, 6) is 1.52. The normalized spacial score (nSPS) is 15.2. The van der Waals surface area contributed by atoms with Gasteiger partial charge in [-0.3, -0.25) is 4.79 Å². The highest BCUT2D eigenvalue weighted by Crippen LogP contribution is 2.40. The fourth-order valence-corrected chi connectivity index (χ4v) is 4.35. The number of benzene rings is 3. The number of amides is 1. The molecular formula is C27H26F3NO5. The van der Waals surface area contributed by atoms with Gasteiger partial charge in [0, 0.05) is 12.1 Å². The largest absolute Gasteiger partial charge is 0.493 e. The van der Waals surface area contributed by atoms with Crippen LogP contribution in [0.5, 0.6) is 23.0 Å². The molecule has 3 aromatic rings. The molecule has 0 saturated carbocycles. The van der Waals surface area contributed by atoms with E-state index in [-0.39, 0.29) is 18.7 Å². The lowest BCUT2D eigenvalue weighted by atomic mass is 9.91. The van der Waals surface area contributed by atoms with Gasteiger partial charge in [-0.2, -0.15) is 13.2 Å². The van der Waals surface area contributed by atoms with Gasteiger partial charge in [-0.1, -0.05) is 18.2 Å². The average Bonchev–Trinajstić information content (AvgIpc) is 2.90. The van der Waals surface area contributed by atoms with Gasteiger partial charge in [0.15, 0.2) is 23.0 Å². The number of alkyl halides is 3. The van der Waals surface area contributed by atoms with E-state index in [2.05, 4.69) is 0 Å². The Morgan fingerprint density at radius 2 is 1.56 bits per heavy atom. The number of carbonyl (C=O) groups is 1. The average molecular weight is 502 g/mol. The Hall–Kier alpha value is -3.88. The maximum absolute atomic E-state index is 13.5. The van der Waals surface area contributed by atoms with Crippen LogP contribution in [0.4, 0.5) is 13.2 Å². The van der Waals surface area contributed by atoms with E-state index in [4.69, 9.17) is 18.9 Å². The Bertz CT molecular complexity index is 1240. The highest BCUT2D eigenvalue weighted by atomic mass is 19.4. The molecule has 3 aromatic carbocycles. The Balaban J connectivity index is 1.73. The molecule has 0 spiro atoms. The lowest BCUT2D eigenvalue weighted by molar-refractivity contribution is -0.137. The van der Waals surface area contributed by atoms with Gasteiger partial charge in [0.25, 0.3) is 5.91 Å². The minimum atomic E-state index is -4.55. The number of nitrogens with zero attached hydrogens (tertiary/aromatic N) is 1. The lowest BCUT2D eigenvalue weighted by Gasteiger charge is -2.38. The van der Waals surface area contributed by atoms with Crippen LogP contribution >= 0.6 is 0 Å². The van der Waals surface area contributed by atoms with Gasteiger partial charge in [0.05, 0.1) is 32.9 Å². The van der Waals surface area contributed by atoms with Crippen LogP contribution in [0.15, 0.2) is 60.7 Å². The van der Waals surface area contributed by atoms with E-state index in [1.54, 1.807) is 36.3 Å². The fraction of sp³-hybridized carbons (Fsp3) is 0.296. The van der Waals surface area contributed by atoms with E-state index < -0.39 is 23.7 Å². The molecule has 0 aliphatic carbocycles. The van der Waals surface area contributed by atoms with Gasteiger partial charge in [0.2, 0.25) is 0 Å². The first-order valence-electron chi connectivity index (χ1n) is 11.3. The van der Waals surface area contributed by atoms with Crippen molar-refractivity contribution in [2.24, 2.45) is 0 Å². The van der Waals surface area contributed by atoms with Crippen molar-refractivity contribution in [1.29, 1.82) is 0 Å². The van der Waals surface area contributed by atoms with Crippen molar-refractivity contribution < 1.29 is 36.9 Å². The van der Waals surface area contributed by atoms with Crippen LogP contribution < -0.4 is 18.9 Å². The number of hydrogen-bond acceptors (Lipinski definition) is 5. The maximum atomic E-state index is 13.5. The Morgan fingerprint density at radius 1 is 0.889 bits per heavy atom. The third kappa shape index (κ3) is 5.05. The smallest absolute Gasteiger partial charge is 0.416 e. The van der Waals surface area contributed by atoms with E-state index in [1.165, 1.54) is 26.4 Å². The topological polar surface area (TPSA) is 57.2 Å². The van der Waals surface area contributed by atoms with Crippen molar-refractivity contribution in [2.75, 3.05) is 34.5 Å². The summed E-state index contributed by atoms with van der Waals surface area (Å²) >= 11 is 0. The number of fused-ring (bicyclic) bond motifs is 1. The quantitative estimate of drug-likeness (QED) is 0.425. The minimum absolute atomic E-state index is 0.0453. The van der Waals surface area contributed by atoms with Crippen molar-refractivity contribution in [2.45, 2.75) is 18.6 Å². The van der Waals surface area contributed by atoms with Gasteiger partial charge in [0.1, 0.15) is 6.61 Å². The molecule has 190 valence electrons.